The van der Waals surface area contributed by atoms with Crippen LogP contribution in [-0.4, -0.2) is 44.0 Å². The van der Waals surface area contributed by atoms with Crippen LogP contribution >= 0.6 is 11.6 Å². The van der Waals surface area contributed by atoms with Crippen LogP contribution in [0.4, 0.5) is 0 Å². The Labute approximate surface area is 167 Å². The van der Waals surface area contributed by atoms with Crippen molar-refractivity contribution in [2.45, 2.75) is 38.1 Å². The number of ketones is 1. The van der Waals surface area contributed by atoms with Crippen molar-refractivity contribution < 1.29 is 9.59 Å². The van der Waals surface area contributed by atoms with Crippen molar-refractivity contribution in [1.82, 2.24) is 19.2 Å². The van der Waals surface area contributed by atoms with Crippen LogP contribution < -0.4 is 5.69 Å². The summed E-state index contributed by atoms with van der Waals surface area (Å²) in [5, 5.41) is 5.01. The zero-order valence-electron chi connectivity index (χ0n) is 15.8. The van der Waals surface area contributed by atoms with Crippen LogP contribution in [-0.2, 0) is 18.4 Å². The number of nitrogens with zero attached hydrogens (tertiary/aromatic N) is 4. The average molecular weight is 403 g/mol. The van der Waals surface area contributed by atoms with Crippen LogP contribution in [0.5, 0.6) is 0 Å². The van der Waals surface area contributed by atoms with Crippen LogP contribution in [0.15, 0.2) is 29.1 Å². The molecule has 1 aromatic carbocycles. The number of hydrogen-bond acceptors (Lipinski definition) is 4. The fraction of sp³-hybridized carbons (Fsp3) is 0.500. The smallest absolute Gasteiger partial charge is 0.342 e. The van der Waals surface area contributed by atoms with Crippen molar-refractivity contribution in [3.63, 3.8) is 0 Å². The van der Waals surface area contributed by atoms with Gasteiger partial charge in [-0.2, -0.15) is 5.10 Å². The summed E-state index contributed by atoms with van der Waals surface area (Å²) in [4.78, 5) is 39.2. The Morgan fingerprint density at radius 2 is 1.75 bits per heavy atom. The molecule has 0 atom stereocenters. The molecule has 8 heteroatoms. The molecule has 1 amide bonds. The van der Waals surface area contributed by atoms with Gasteiger partial charge in [-0.15, -0.1) is 0 Å². The minimum atomic E-state index is -0.297. The van der Waals surface area contributed by atoms with E-state index in [4.69, 9.17) is 11.6 Å². The number of likely N-dealkylation sites (tertiary alicyclic amines) is 1. The van der Waals surface area contributed by atoms with Gasteiger partial charge < -0.3 is 4.90 Å². The van der Waals surface area contributed by atoms with Gasteiger partial charge in [0.25, 0.3) is 0 Å². The predicted molar refractivity (Wildman–Crippen MR) is 105 cm³/mol. The van der Waals surface area contributed by atoms with Crippen molar-refractivity contribution in [3.8, 4) is 0 Å². The van der Waals surface area contributed by atoms with E-state index in [0.29, 0.717) is 29.5 Å². The number of rotatable bonds is 5. The zero-order chi connectivity index (χ0) is 19.8. The maximum Gasteiger partial charge on any atom is 0.346 e. The van der Waals surface area contributed by atoms with Crippen LogP contribution in [0.2, 0.25) is 5.02 Å². The Kier molecular flexibility index (Phi) is 5.10. The van der Waals surface area contributed by atoms with E-state index in [2.05, 4.69) is 5.10 Å². The maximum absolute atomic E-state index is 12.5. The summed E-state index contributed by atoms with van der Waals surface area (Å²) in [7, 11) is 1.69. The molecular formula is C20H23ClN4O3. The van der Waals surface area contributed by atoms with E-state index in [1.54, 1.807) is 31.3 Å². The SMILES string of the molecule is Cn1c(C2CCN(C(=O)C3CC3)CC2)nn(CC(=O)c2ccc(Cl)cc2)c1=O. The van der Waals surface area contributed by atoms with Gasteiger partial charge in [0, 0.05) is 42.6 Å². The molecule has 2 aromatic rings. The number of piperidine rings is 1. The van der Waals surface area contributed by atoms with Gasteiger partial charge in [-0.1, -0.05) is 11.6 Å². The zero-order valence-corrected chi connectivity index (χ0v) is 16.6. The minimum absolute atomic E-state index is 0.104. The summed E-state index contributed by atoms with van der Waals surface area (Å²) < 4.78 is 2.76. The second kappa shape index (κ2) is 7.54. The molecular weight excluding hydrogens is 380 g/mol. The summed E-state index contributed by atoms with van der Waals surface area (Å²) in [5.41, 5.74) is 0.198. The molecule has 0 N–H and O–H groups in total. The molecule has 0 unspecified atom stereocenters. The number of hydrogen-bond donors (Lipinski definition) is 0. The van der Waals surface area contributed by atoms with Crippen molar-refractivity contribution in [1.29, 1.82) is 0 Å². The van der Waals surface area contributed by atoms with Gasteiger partial charge >= 0.3 is 5.69 Å². The molecule has 4 rings (SSSR count). The molecule has 2 aliphatic rings. The van der Waals surface area contributed by atoms with Gasteiger partial charge in [0.15, 0.2) is 5.78 Å². The summed E-state index contributed by atoms with van der Waals surface area (Å²) in [6.45, 7) is 1.29. The summed E-state index contributed by atoms with van der Waals surface area (Å²) >= 11 is 5.86. The highest BCUT2D eigenvalue weighted by atomic mass is 35.5. The molecule has 0 bridgehead atoms. The van der Waals surface area contributed by atoms with Crippen molar-refractivity contribution >= 4 is 23.3 Å². The van der Waals surface area contributed by atoms with Gasteiger partial charge in [-0.3, -0.25) is 14.2 Å². The Balaban J connectivity index is 1.45. The number of carbonyl (C=O) groups is 2. The van der Waals surface area contributed by atoms with Gasteiger partial charge in [-0.25, -0.2) is 9.48 Å². The van der Waals surface area contributed by atoms with Crippen molar-refractivity contribution in [2.75, 3.05) is 13.1 Å². The average Bonchev–Trinajstić information content (AvgIpc) is 3.51. The molecule has 28 heavy (non-hydrogen) atoms. The first-order chi connectivity index (χ1) is 13.4. The summed E-state index contributed by atoms with van der Waals surface area (Å²) in [6.07, 6.45) is 3.60. The third kappa shape index (κ3) is 3.76. The molecule has 7 nitrogen and oxygen atoms in total. The first-order valence-corrected chi connectivity index (χ1v) is 10.0. The Bertz CT molecular complexity index is 951. The van der Waals surface area contributed by atoms with Crippen LogP contribution in [0.3, 0.4) is 0 Å². The summed E-state index contributed by atoms with van der Waals surface area (Å²) in [6, 6.07) is 6.59. The predicted octanol–water partition coefficient (Wildman–Crippen LogP) is 2.23. The number of halogens is 1. The van der Waals surface area contributed by atoms with E-state index in [9.17, 15) is 14.4 Å². The molecule has 1 aliphatic heterocycles. The van der Waals surface area contributed by atoms with Gasteiger partial charge in [0.05, 0.1) is 0 Å². The largest absolute Gasteiger partial charge is 0.346 e. The lowest BCUT2D eigenvalue weighted by atomic mass is 9.95. The van der Waals surface area contributed by atoms with Crippen molar-refractivity contribution in [2.24, 2.45) is 13.0 Å². The monoisotopic (exact) mass is 402 g/mol. The summed E-state index contributed by atoms with van der Waals surface area (Å²) in [5.74, 6) is 1.12. The third-order valence-corrected chi connectivity index (χ3v) is 5.88. The molecule has 0 radical (unpaired) electrons. The molecule has 1 saturated heterocycles. The van der Waals surface area contributed by atoms with Crippen LogP contribution in [0, 0.1) is 5.92 Å². The van der Waals surface area contributed by atoms with Crippen molar-refractivity contribution in [3.05, 3.63) is 51.2 Å². The quantitative estimate of drug-likeness (QED) is 0.718. The minimum Gasteiger partial charge on any atom is -0.342 e. The number of amides is 1. The van der Waals surface area contributed by atoms with E-state index < -0.39 is 0 Å². The Morgan fingerprint density at radius 1 is 1.11 bits per heavy atom. The fourth-order valence-corrected chi connectivity index (χ4v) is 3.90. The van der Waals surface area contributed by atoms with E-state index in [1.165, 1.54) is 9.25 Å². The van der Waals surface area contributed by atoms with Gasteiger partial charge in [-0.05, 0) is 49.9 Å². The Morgan fingerprint density at radius 3 is 2.36 bits per heavy atom. The second-order valence-corrected chi connectivity index (χ2v) is 8.10. The normalized spacial score (nSPS) is 17.7. The third-order valence-electron chi connectivity index (χ3n) is 5.63. The van der Waals surface area contributed by atoms with Gasteiger partial charge in [0.2, 0.25) is 5.91 Å². The number of aromatic nitrogens is 3. The molecule has 1 saturated carbocycles. The lowest BCUT2D eigenvalue weighted by Gasteiger charge is -2.31. The second-order valence-electron chi connectivity index (χ2n) is 7.66. The molecule has 148 valence electrons. The Hall–Kier alpha value is -2.41. The highest BCUT2D eigenvalue weighted by Crippen LogP contribution is 2.33. The van der Waals surface area contributed by atoms with E-state index >= 15 is 0 Å². The molecule has 1 aliphatic carbocycles. The highest BCUT2D eigenvalue weighted by molar-refractivity contribution is 6.30. The number of Topliss-reactive ketones (excluding diaryl/α,β-unsaturated/α-hetero) is 1. The van der Waals surface area contributed by atoms with E-state index in [0.717, 1.165) is 25.7 Å². The standard InChI is InChI=1S/C20H23ClN4O3/c1-23-18(14-8-10-24(11-9-14)19(27)15-2-3-15)22-25(20(23)28)12-17(26)13-4-6-16(21)7-5-13/h4-7,14-15H,2-3,8-12H2,1H3. The van der Waals surface area contributed by atoms with E-state index in [-0.39, 0.29) is 35.8 Å². The fourth-order valence-electron chi connectivity index (χ4n) is 3.77. The molecule has 2 heterocycles. The highest BCUT2D eigenvalue weighted by Gasteiger charge is 2.36. The van der Waals surface area contributed by atoms with Gasteiger partial charge in [0.1, 0.15) is 12.4 Å². The molecule has 1 aromatic heterocycles. The molecule has 2 fully saturated rings. The first-order valence-electron chi connectivity index (χ1n) is 9.65. The molecule has 0 spiro atoms. The lowest BCUT2D eigenvalue weighted by molar-refractivity contribution is -0.133. The lowest BCUT2D eigenvalue weighted by Crippen LogP contribution is -2.39. The first kappa shape index (κ1) is 18.9. The topological polar surface area (TPSA) is 77.2 Å². The number of carbonyl (C=O) groups excluding carboxylic acids is 2. The van der Waals surface area contributed by atoms with Crippen LogP contribution in [0.25, 0.3) is 0 Å². The maximum atomic E-state index is 12.5. The van der Waals surface area contributed by atoms with Crippen LogP contribution in [0.1, 0.15) is 47.8 Å². The number of benzene rings is 1. The van der Waals surface area contributed by atoms with E-state index in [1.807, 2.05) is 4.90 Å².